The minimum absolute atomic E-state index is 0.150. The third-order valence-electron chi connectivity index (χ3n) is 1.50. The largest absolute Gasteiger partial charge is 0.294 e. The zero-order valence-corrected chi connectivity index (χ0v) is 6.11. The van der Waals surface area contributed by atoms with Crippen molar-refractivity contribution < 1.29 is 4.79 Å². The van der Waals surface area contributed by atoms with E-state index in [1.165, 1.54) is 0 Å². The molecule has 0 saturated heterocycles. The summed E-state index contributed by atoms with van der Waals surface area (Å²) in [6.45, 7) is 9.23. The molecule has 0 unspecified atom stereocenters. The molecule has 0 bridgehead atoms. The monoisotopic (exact) mass is 134 g/mol. The summed E-state index contributed by atoms with van der Waals surface area (Å²) in [7, 11) is 0. The van der Waals surface area contributed by atoms with Gasteiger partial charge in [0.05, 0.1) is 0 Å². The molecule has 0 aromatic carbocycles. The molecule has 0 spiro atoms. The molecule has 1 rings (SSSR count). The molecule has 0 aromatic heterocycles. The van der Waals surface area contributed by atoms with Crippen molar-refractivity contribution in [1.82, 2.24) is 0 Å². The third-order valence-corrected chi connectivity index (χ3v) is 1.50. The van der Waals surface area contributed by atoms with Gasteiger partial charge in [-0.05, 0) is 24.1 Å². The van der Waals surface area contributed by atoms with Gasteiger partial charge in [-0.15, -0.1) is 0 Å². The van der Waals surface area contributed by atoms with Gasteiger partial charge in [0.15, 0.2) is 5.78 Å². The Kier molecular flexibility index (Phi) is 1.58. The highest BCUT2D eigenvalue weighted by Crippen LogP contribution is 2.22. The molecule has 0 aliphatic heterocycles. The summed E-state index contributed by atoms with van der Waals surface area (Å²) in [5, 5.41) is 0. The average Bonchev–Trinajstić information content (AvgIpc) is 2.10. The Morgan fingerprint density at radius 3 is 2.50 bits per heavy atom. The lowest BCUT2D eigenvalue weighted by Crippen LogP contribution is -1.95. The first-order chi connectivity index (χ1) is 4.61. The number of allylic oxidation sites excluding steroid dienone is 4. The molecule has 0 heterocycles. The predicted molar refractivity (Wildman–Crippen MR) is 41.7 cm³/mol. The second-order valence-corrected chi connectivity index (χ2v) is 2.60. The Hall–Kier alpha value is -1.11. The minimum atomic E-state index is 0.150. The number of hydrogen-bond donors (Lipinski definition) is 0. The van der Waals surface area contributed by atoms with Crippen LogP contribution >= 0.6 is 0 Å². The van der Waals surface area contributed by atoms with Gasteiger partial charge < -0.3 is 0 Å². The van der Waals surface area contributed by atoms with Crippen molar-refractivity contribution in [2.45, 2.75) is 13.3 Å². The first-order valence-corrected chi connectivity index (χ1v) is 3.20. The third kappa shape index (κ3) is 1.08. The fourth-order valence-corrected chi connectivity index (χ4v) is 0.998. The lowest BCUT2D eigenvalue weighted by atomic mass is 10.1. The van der Waals surface area contributed by atoms with E-state index in [9.17, 15) is 4.79 Å². The number of carbonyl (C=O) groups excluding carboxylic acids is 1. The van der Waals surface area contributed by atoms with E-state index in [-0.39, 0.29) is 5.78 Å². The fourth-order valence-electron chi connectivity index (χ4n) is 0.998. The van der Waals surface area contributed by atoms with Crippen molar-refractivity contribution in [2.75, 3.05) is 0 Å². The van der Waals surface area contributed by atoms with Gasteiger partial charge in [-0.2, -0.15) is 0 Å². The summed E-state index contributed by atoms with van der Waals surface area (Å²) in [4.78, 5) is 11.0. The first kappa shape index (κ1) is 7.00. The van der Waals surface area contributed by atoms with Crippen molar-refractivity contribution >= 4 is 5.78 Å². The maximum atomic E-state index is 11.0. The van der Waals surface area contributed by atoms with Crippen molar-refractivity contribution in [3.63, 3.8) is 0 Å². The molecule has 1 aliphatic carbocycles. The van der Waals surface area contributed by atoms with Gasteiger partial charge >= 0.3 is 0 Å². The normalized spacial score (nSPS) is 17.5. The van der Waals surface area contributed by atoms with Gasteiger partial charge in [0.2, 0.25) is 0 Å². The Bertz CT molecular complexity index is 243. The van der Waals surface area contributed by atoms with Gasteiger partial charge in [0.1, 0.15) is 0 Å². The second kappa shape index (κ2) is 2.25. The first-order valence-electron chi connectivity index (χ1n) is 3.20. The van der Waals surface area contributed by atoms with Gasteiger partial charge in [-0.25, -0.2) is 0 Å². The minimum Gasteiger partial charge on any atom is -0.294 e. The van der Waals surface area contributed by atoms with Crippen molar-refractivity contribution in [3.05, 3.63) is 36.0 Å². The van der Waals surface area contributed by atoms with Gasteiger partial charge in [-0.1, -0.05) is 13.2 Å². The fraction of sp³-hybridized carbons (Fsp3) is 0.222. The highest BCUT2D eigenvalue weighted by molar-refractivity contribution is 6.04. The molecule has 0 aromatic rings. The summed E-state index contributed by atoms with van der Waals surface area (Å²) in [5.41, 5.74) is 2.47. The van der Waals surface area contributed by atoms with Gasteiger partial charge in [-0.3, -0.25) is 4.79 Å². The van der Waals surface area contributed by atoms with Crippen molar-refractivity contribution in [1.29, 1.82) is 0 Å². The molecule has 0 atom stereocenters. The molecule has 0 radical (unpaired) electrons. The molecule has 1 heteroatoms. The van der Waals surface area contributed by atoms with Crippen LogP contribution in [0.15, 0.2) is 36.0 Å². The van der Waals surface area contributed by atoms with Crippen LogP contribution < -0.4 is 0 Å². The summed E-state index contributed by atoms with van der Waals surface area (Å²) >= 11 is 0. The Balaban J connectivity index is 2.96. The van der Waals surface area contributed by atoms with E-state index in [2.05, 4.69) is 13.2 Å². The van der Waals surface area contributed by atoms with E-state index in [1.807, 2.05) is 13.0 Å². The Morgan fingerprint density at radius 2 is 2.30 bits per heavy atom. The van der Waals surface area contributed by atoms with Crippen LogP contribution in [0.4, 0.5) is 0 Å². The topological polar surface area (TPSA) is 17.1 Å². The molecule has 0 N–H and O–H groups in total. The van der Waals surface area contributed by atoms with Crippen molar-refractivity contribution in [3.8, 4) is 0 Å². The molecular formula is C9H10O. The molecule has 0 saturated carbocycles. The average molecular weight is 134 g/mol. The van der Waals surface area contributed by atoms with Crippen LogP contribution in [-0.2, 0) is 4.79 Å². The Labute approximate surface area is 60.7 Å². The van der Waals surface area contributed by atoms with Gasteiger partial charge in [0, 0.05) is 12.0 Å². The predicted octanol–water partition coefficient (Wildman–Crippen LogP) is 2.02. The summed E-state index contributed by atoms with van der Waals surface area (Å²) in [6.07, 6.45) is 2.28. The zero-order valence-electron chi connectivity index (χ0n) is 6.11. The van der Waals surface area contributed by atoms with Gasteiger partial charge in [0.25, 0.3) is 0 Å². The number of ketones is 1. The van der Waals surface area contributed by atoms with Crippen LogP contribution in [0, 0.1) is 0 Å². The van der Waals surface area contributed by atoms with Crippen LogP contribution in [0.5, 0.6) is 0 Å². The summed E-state index contributed by atoms with van der Waals surface area (Å²) in [6, 6.07) is 0. The van der Waals surface area contributed by atoms with E-state index in [0.29, 0.717) is 6.42 Å². The molecule has 10 heavy (non-hydrogen) atoms. The molecule has 0 amide bonds. The smallest absolute Gasteiger partial charge is 0.167 e. The van der Waals surface area contributed by atoms with Crippen LogP contribution in [0.25, 0.3) is 0 Å². The lowest BCUT2D eigenvalue weighted by molar-refractivity contribution is -0.114. The van der Waals surface area contributed by atoms with Crippen LogP contribution in [0.3, 0.4) is 0 Å². The number of carbonyl (C=O) groups is 1. The van der Waals surface area contributed by atoms with Crippen LogP contribution in [-0.4, -0.2) is 5.78 Å². The molecule has 0 fully saturated rings. The SMILES string of the molecule is C=C1C=C(C(=C)C)C(=O)C1. The molecule has 1 aliphatic rings. The maximum Gasteiger partial charge on any atom is 0.167 e. The number of rotatable bonds is 1. The number of Topliss-reactive ketones (excluding diaryl/α,β-unsaturated/α-hetero) is 1. The maximum absolute atomic E-state index is 11.0. The summed E-state index contributed by atoms with van der Waals surface area (Å²) in [5.74, 6) is 0.150. The van der Waals surface area contributed by atoms with Crippen LogP contribution in [0.1, 0.15) is 13.3 Å². The quantitative estimate of drug-likeness (QED) is 0.536. The standard InChI is InChI=1S/C9H10O/c1-6(2)8-4-7(3)5-9(8)10/h4H,1,3,5H2,2H3. The molecule has 1 nitrogen and oxygen atoms in total. The van der Waals surface area contributed by atoms with E-state index in [1.54, 1.807) is 0 Å². The van der Waals surface area contributed by atoms with E-state index >= 15 is 0 Å². The Morgan fingerprint density at radius 1 is 1.70 bits per heavy atom. The van der Waals surface area contributed by atoms with Crippen LogP contribution in [0.2, 0.25) is 0 Å². The molecule has 52 valence electrons. The zero-order chi connectivity index (χ0) is 7.72. The summed E-state index contributed by atoms with van der Waals surface area (Å²) < 4.78 is 0. The molecular weight excluding hydrogens is 124 g/mol. The van der Waals surface area contributed by atoms with E-state index in [4.69, 9.17) is 0 Å². The van der Waals surface area contributed by atoms with E-state index in [0.717, 1.165) is 16.7 Å². The highest BCUT2D eigenvalue weighted by Gasteiger charge is 2.17. The number of hydrogen-bond acceptors (Lipinski definition) is 1. The lowest BCUT2D eigenvalue weighted by Gasteiger charge is -1.94. The van der Waals surface area contributed by atoms with E-state index < -0.39 is 0 Å². The van der Waals surface area contributed by atoms with Crippen molar-refractivity contribution in [2.24, 2.45) is 0 Å². The highest BCUT2D eigenvalue weighted by atomic mass is 16.1. The second-order valence-electron chi connectivity index (χ2n) is 2.60.